The van der Waals surface area contributed by atoms with Crippen molar-refractivity contribution in [3.63, 3.8) is 0 Å². The Bertz CT molecular complexity index is 1800. The first-order valence-electron chi connectivity index (χ1n) is 37.8. The highest BCUT2D eigenvalue weighted by molar-refractivity contribution is 7.47. The molecule has 0 amide bonds. The molecule has 19 heteroatoms. The Morgan fingerprint density at radius 2 is 0.500 bits per heavy atom. The highest BCUT2D eigenvalue weighted by Crippen LogP contribution is 2.45. The van der Waals surface area contributed by atoms with Crippen molar-refractivity contribution in [3.05, 3.63) is 0 Å². The van der Waals surface area contributed by atoms with Crippen molar-refractivity contribution in [2.75, 3.05) is 39.6 Å². The number of ether oxygens (including phenoxy) is 4. The van der Waals surface area contributed by atoms with Crippen molar-refractivity contribution in [2.24, 2.45) is 17.8 Å². The molecule has 92 heavy (non-hydrogen) atoms. The molecule has 0 aromatic carbocycles. The molecule has 2 unspecified atom stereocenters. The summed E-state index contributed by atoms with van der Waals surface area (Å²) in [4.78, 5) is 72.6. The lowest BCUT2D eigenvalue weighted by molar-refractivity contribution is -0.161. The lowest BCUT2D eigenvalue weighted by Crippen LogP contribution is -2.30. The maximum absolute atomic E-state index is 13.1. The largest absolute Gasteiger partial charge is 0.472 e. The van der Waals surface area contributed by atoms with Gasteiger partial charge in [0.05, 0.1) is 26.4 Å². The van der Waals surface area contributed by atoms with Gasteiger partial charge in [0.1, 0.15) is 19.3 Å². The summed E-state index contributed by atoms with van der Waals surface area (Å²) in [5, 5.41) is 10.6. The number of phosphoric acid groups is 2. The maximum Gasteiger partial charge on any atom is 0.472 e. The Hall–Kier alpha value is -1.94. The highest BCUT2D eigenvalue weighted by atomic mass is 31.2. The third-order valence-corrected chi connectivity index (χ3v) is 18.8. The number of carbonyl (C=O) groups is 4. The summed E-state index contributed by atoms with van der Waals surface area (Å²) >= 11 is 0. The molecule has 0 aliphatic carbocycles. The van der Waals surface area contributed by atoms with Gasteiger partial charge in [0.2, 0.25) is 0 Å². The van der Waals surface area contributed by atoms with Crippen molar-refractivity contribution in [1.29, 1.82) is 0 Å². The molecule has 17 nitrogen and oxygen atoms in total. The Kier molecular flexibility index (Phi) is 62.4. The second-order valence-corrected chi connectivity index (χ2v) is 30.7. The molecule has 0 saturated heterocycles. The Morgan fingerprint density at radius 1 is 0.293 bits per heavy atom. The third kappa shape index (κ3) is 66.7. The first-order valence-corrected chi connectivity index (χ1v) is 40.8. The first kappa shape index (κ1) is 90.1. The fourth-order valence-electron chi connectivity index (χ4n) is 11.1. The SMILES string of the molecule is CCCCCCCCCCCCCCCCC(=O)OC[C@H](COP(=O)(O)OC[C@@H](O)COP(=O)(O)OC[C@@H](COC(=O)CCCCCCCCC(C)C)OC(=O)CCCCCCCCCCC(C)C)OC(=O)CCCCCCCCCCCCCCCCCC(C)C. The molecule has 0 aromatic heterocycles. The molecular formula is C73H142O17P2. The molecule has 0 rings (SSSR count). The van der Waals surface area contributed by atoms with Crippen LogP contribution in [0.25, 0.3) is 0 Å². The molecule has 0 radical (unpaired) electrons. The number of carbonyl (C=O) groups excluding carboxylic acids is 4. The Balaban J connectivity index is 5.23. The highest BCUT2D eigenvalue weighted by Gasteiger charge is 2.30. The lowest BCUT2D eigenvalue weighted by Gasteiger charge is -2.21. The zero-order valence-electron chi connectivity index (χ0n) is 60.0. The number of hydrogen-bond donors (Lipinski definition) is 3. The van der Waals surface area contributed by atoms with Crippen molar-refractivity contribution < 1.29 is 80.2 Å². The summed E-state index contributed by atoms with van der Waals surface area (Å²) in [7, 11) is -9.90. The van der Waals surface area contributed by atoms with Gasteiger partial charge in [-0.05, 0) is 43.4 Å². The van der Waals surface area contributed by atoms with Crippen LogP contribution >= 0.6 is 15.6 Å². The van der Waals surface area contributed by atoms with E-state index in [4.69, 9.17) is 37.0 Å². The van der Waals surface area contributed by atoms with Gasteiger partial charge in [-0.3, -0.25) is 37.3 Å². The van der Waals surface area contributed by atoms with Gasteiger partial charge in [-0.1, -0.05) is 318 Å². The molecule has 0 aliphatic heterocycles. The van der Waals surface area contributed by atoms with Crippen LogP contribution in [-0.2, 0) is 65.4 Å². The van der Waals surface area contributed by atoms with E-state index in [0.717, 1.165) is 108 Å². The second kappa shape index (κ2) is 63.8. The summed E-state index contributed by atoms with van der Waals surface area (Å²) < 4.78 is 68.4. The average Bonchev–Trinajstić information content (AvgIpc) is 2.54. The molecule has 0 fully saturated rings. The first-order chi connectivity index (χ1) is 44.2. The summed E-state index contributed by atoms with van der Waals surface area (Å²) in [5.41, 5.74) is 0. The number of unbranched alkanes of at least 4 members (excludes halogenated alkanes) is 39. The van der Waals surface area contributed by atoms with Gasteiger partial charge in [0.15, 0.2) is 12.2 Å². The van der Waals surface area contributed by atoms with Crippen molar-refractivity contribution in [2.45, 2.75) is 388 Å². The van der Waals surface area contributed by atoms with Gasteiger partial charge in [0, 0.05) is 25.7 Å². The standard InChI is InChI=1S/C73H142O17P2/c1-8-9-10-11-12-13-14-15-20-23-26-32-40-47-54-70(75)83-60-68(89-72(77)56-49-42-33-27-24-21-18-16-17-19-22-25-30-37-44-51-64(2)3)62-87-91(79,80)85-58-67(74)59-86-92(81,82)88-63-69(61-84-71(76)55-48-41-36-35-39-46-53-66(6)7)90-73(78)57-50-43-34-29-28-31-38-45-52-65(4)5/h64-69,74H,8-63H2,1-7H3,(H,79,80)(H,81,82)/t67-,68-,69-/m1/s1. The van der Waals surface area contributed by atoms with Crippen LogP contribution in [0, 0.1) is 17.8 Å². The molecule has 546 valence electrons. The van der Waals surface area contributed by atoms with Crippen LogP contribution in [0.5, 0.6) is 0 Å². The molecule has 5 atom stereocenters. The van der Waals surface area contributed by atoms with Crippen LogP contribution in [0.2, 0.25) is 0 Å². The maximum atomic E-state index is 13.1. The monoisotopic (exact) mass is 1350 g/mol. The number of aliphatic hydroxyl groups excluding tert-OH is 1. The molecule has 0 saturated carbocycles. The third-order valence-electron chi connectivity index (χ3n) is 16.9. The molecule has 0 aromatic rings. The minimum atomic E-state index is -4.95. The van der Waals surface area contributed by atoms with Crippen LogP contribution in [0.1, 0.15) is 370 Å². The molecular weight excluding hydrogens is 1210 g/mol. The van der Waals surface area contributed by atoms with E-state index in [9.17, 15) is 43.2 Å². The van der Waals surface area contributed by atoms with Crippen LogP contribution in [-0.4, -0.2) is 96.7 Å². The molecule has 0 bridgehead atoms. The Labute approximate surface area is 562 Å². The second-order valence-electron chi connectivity index (χ2n) is 27.8. The van der Waals surface area contributed by atoms with Crippen molar-refractivity contribution in [3.8, 4) is 0 Å². The predicted octanol–water partition coefficient (Wildman–Crippen LogP) is 21.0. The minimum Gasteiger partial charge on any atom is -0.462 e. The van der Waals surface area contributed by atoms with Gasteiger partial charge in [-0.2, -0.15) is 0 Å². The number of hydrogen-bond acceptors (Lipinski definition) is 15. The van der Waals surface area contributed by atoms with E-state index in [2.05, 4.69) is 48.5 Å². The van der Waals surface area contributed by atoms with Crippen LogP contribution in [0.4, 0.5) is 0 Å². The van der Waals surface area contributed by atoms with Crippen molar-refractivity contribution >= 4 is 39.5 Å². The topological polar surface area (TPSA) is 237 Å². The molecule has 0 spiro atoms. The van der Waals surface area contributed by atoms with Gasteiger partial charge in [-0.15, -0.1) is 0 Å². The van der Waals surface area contributed by atoms with E-state index in [0.29, 0.717) is 31.6 Å². The quantitative estimate of drug-likeness (QED) is 0.0222. The number of rotatable bonds is 71. The average molecular weight is 1350 g/mol. The van der Waals surface area contributed by atoms with Gasteiger partial charge < -0.3 is 33.8 Å². The molecule has 0 aliphatic rings. The van der Waals surface area contributed by atoms with E-state index in [1.54, 1.807) is 0 Å². The van der Waals surface area contributed by atoms with Crippen LogP contribution in [0.3, 0.4) is 0 Å². The summed E-state index contributed by atoms with van der Waals surface area (Å²) in [6, 6.07) is 0. The van der Waals surface area contributed by atoms with E-state index >= 15 is 0 Å². The van der Waals surface area contributed by atoms with E-state index in [1.807, 2.05) is 0 Å². The van der Waals surface area contributed by atoms with Gasteiger partial charge in [0.25, 0.3) is 0 Å². The summed E-state index contributed by atoms with van der Waals surface area (Å²) in [6.07, 6.45) is 48.8. The summed E-state index contributed by atoms with van der Waals surface area (Å²) in [5.74, 6) is 0.0756. The number of aliphatic hydroxyl groups is 1. The van der Waals surface area contributed by atoms with Crippen LogP contribution in [0.15, 0.2) is 0 Å². The van der Waals surface area contributed by atoms with Gasteiger partial charge in [-0.25, -0.2) is 9.13 Å². The smallest absolute Gasteiger partial charge is 0.462 e. The zero-order valence-corrected chi connectivity index (χ0v) is 61.8. The summed E-state index contributed by atoms with van der Waals surface area (Å²) in [6.45, 7) is 11.8. The zero-order chi connectivity index (χ0) is 68.0. The van der Waals surface area contributed by atoms with E-state index in [-0.39, 0.29) is 25.7 Å². The van der Waals surface area contributed by atoms with Crippen LogP contribution < -0.4 is 0 Å². The lowest BCUT2D eigenvalue weighted by atomic mass is 10.0. The van der Waals surface area contributed by atoms with E-state index in [1.165, 1.54) is 173 Å². The van der Waals surface area contributed by atoms with Crippen molar-refractivity contribution in [1.82, 2.24) is 0 Å². The molecule has 0 heterocycles. The molecule has 3 N–H and O–H groups in total. The minimum absolute atomic E-state index is 0.103. The number of esters is 4. The fourth-order valence-corrected chi connectivity index (χ4v) is 12.7. The van der Waals surface area contributed by atoms with E-state index < -0.39 is 97.5 Å². The fraction of sp³-hybridized carbons (Fsp3) is 0.945. The number of phosphoric ester groups is 2. The Morgan fingerprint density at radius 3 is 0.739 bits per heavy atom. The normalized spacial score (nSPS) is 14.1. The van der Waals surface area contributed by atoms with Gasteiger partial charge >= 0.3 is 39.5 Å². The predicted molar refractivity (Wildman–Crippen MR) is 372 cm³/mol.